The molecule has 2 N–H and O–H groups in total. The molecule has 1 aliphatic rings. The van der Waals surface area contributed by atoms with Gasteiger partial charge in [0, 0.05) is 4.88 Å². The molecule has 38 heavy (non-hydrogen) atoms. The number of carbonyl (C=O) groups is 2. The number of benzene rings is 2. The van der Waals surface area contributed by atoms with Gasteiger partial charge in [-0.05, 0) is 73.2 Å². The highest BCUT2D eigenvalue weighted by Gasteiger charge is 2.23. The molecular weight excluding hydrogens is 524 g/mol. The van der Waals surface area contributed by atoms with Crippen LogP contribution in [-0.4, -0.2) is 45.6 Å². The summed E-state index contributed by atoms with van der Waals surface area (Å²) in [6, 6.07) is 13.3. The summed E-state index contributed by atoms with van der Waals surface area (Å²) in [4.78, 5) is 44.1. The van der Waals surface area contributed by atoms with E-state index in [1.165, 1.54) is 23.2 Å². The number of amides is 1. The summed E-state index contributed by atoms with van der Waals surface area (Å²) in [5.74, 6) is -0.710. The summed E-state index contributed by atoms with van der Waals surface area (Å²) in [6.07, 6.45) is 5.43. The van der Waals surface area contributed by atoms with E-state index < -0.39 is 5.97 Å². The lowest BCUT2D eigenvalue weighted by molar-refractivity contribution is -0.118. The van der Waals surface area contributed by atoms with E-state index in [1.54, 1.807) is 59.4 Å². The van der Waals surface area contributed by atoms with Gasteiger partial charge in [0.1, 0.15) is 10.6 Å². The van der Waals surface area contributed by atoms with E-state index in [2.05, 4.69) is 10.5 Å². The molecule has 0 radical (unpaired) electrons. The highest BCUT2D eigenvalue weighted by molar-refractivity contribution is 7.99. The number of hydrogen-bond donors (Lipinski definition) is 2. The van der Waals surface area contributed by atoms with E-state index in [4.69, 9.17) is 14.8 Å². The lowest BCUT2D eigenvalue weighted by atomic mass is 9.97. The molecule has 0 aliphatic heterocycles. The molecule has 0 saturated heterocycles. The number of carboxylic acids is 1. The number of methoxy groups -OCH3 is 1. The highest BCUT2D eigenvalue weighted by Crippen LogP contribution is 2.35. The van der Waals surface area contributed by atoms with Crippen molar-refractivity contribution in [2.24, 2.45) is 5.10 Å². The van der Waals surface area contributed by atoms with Gasteiger partial charge < -0.3 is 9.84 Å². The van der Waals surface area contributed by atoms with Crippen molar-refractivity contribution in [3.63, 3.8) is 0 Å². The number of thiophene rings is 1. The zero-order valence-corrected chi connectivity index (χ0v) is 22.1. The first-order valence-corrected chi connectivity index (χ1v) is 13.7. The first-order chi connectivity index (χ1) is 18.4. The molecule has 1 amide bonds. The third-order valence-electron chi connectivity index (χ3n) is 6.18. The maximum absolute atomic E-state index is 13.8. The standard InChI is InChI=1S/C27H24N4O5S2/c1-36-19-12-10-18(11-13-19)31-25(33)23-20-4-2-3-5-21(20)38-24(23)29-27(31)37-15-22(32)30-28-14-16-6-8-17(9-7-16)26(34)35/h6-14H,2-5,15H2,1H3,(H,30,32)(H,34,35)/b28-14+. The number of aromatic carboxylic acids is 1. The van der Waals surface area contributed by atoms with E-state index in [0.29, 0.717) is 32.4 Å². The topological polar surface area (TPSA) is 123 Å². The summed E-state index contributed by atoms with van der Waals surface area (Å²) in [5, 5.41) is 14.0. The van der Waals surface area contributed by atoms with Crippen molar-refractivity contribution < 1.29 is 19.4 Å². The maximum Gasteiger partial charge on any atom is 0.335 e. The number of carbonyl (C=O) groups excluding carboxylic acids is 1. The Morgan fingerprint density at radius 3 is 2.61 bits per heavy atom. The summed E-state index contributed by atoms with van der Waals surface area (Å²) in [7, 11) is 1.58. The molecule has 194 valence electrons. The van der Waals surface area contributed by atoms with E-state index in [1.807, 2.05) is 0 Å². The predicted molar refractivity (Wildman–Crippen MR) is 148 cm³/mol. The number of aromatic nitrogens is 2. The molecule has 0 fully saturated rings. The zero-order chi connectivity index (χ0) is 26.6. The van der Waals surface area contributed by atoms with Crippen molar-refractivity contribution >= 4 is 51.4 Å². The molecule has 2 aromatic carbocycles. The van der Waals surface area contributed by atoms with Crippen LogP contribution in [0, 0.1) is 0 Å². The van der Waals surface area contributed by atoms with Crippen LogP contribution in [0.4, 0.5) is 0 Å². The Kier molecular flexibility index (Phi) is 7.57. The molecule has 1 aliphatic carbocycles. The molecule has 2 heterocycles. The second-order valence-corrected chi connectivity index (χ2v) is 10.7. The number of hydrazone groups is 1. The molecule has 0 unspecified atom stereocenters. The Morgan fingerprint density at radius 1 is 1.16 bits per heavy atom. The lowest BCUT2D eigenvalue weighted by Gasteiger charge is -2.14. The Morgan fingerprint density at radius 2 is 1.89 bits per heavy atom. The van der Waals surface area contributed by atoms with Gasteiger partial charge in [0.05, 0.1) is 35.7 Å². The molecule has 11 heteroatoms. The summed E-state index contributed by atoms with van der Waals surface area (Å²) in [6.45, 7) is 0. The second-order valence-electron chi connectivity index (χ2n) is 8.63. The minimum Gasteiger partial charge on any atom is -0.497 e. The van der Waals surface area contributed by atoms with Crippen LogP contribution in [0.2, 0.25) is 0 Å². The maximum atomic E-state index is 13.8. The van der Waals surface area contributed by atoms with E-state index in [9.17, 15) is 14.4 Å². The van der Waals surface area contributed by atoms with Gasteiger partial charge >= 0.3 is 5.97 Å². The van der Waals surface area contributed by atoms with Crippen LogP contribution in [0.15, 0.2) is 63.6 Å². The zero-order valence-electron chi connectivity index (χ0n) is 20.5. The smallest absolute Gasteiger partial charge is 0.335 e. The van der Waals surface area contributed by atoms with Crippen LogP contribution < -0.4 is 15.7 Å². The average Bonchev–Trinajstić information content (AvgIpc) is 3.31. The summed E-state index contributed by atoms with van der Waals surface area (Å²) < 4.78 is 6.83. The van der Waals surface area contributed by atoms with Gasteiger partial charge in [-0.2, -0.15) is 5.10 Å². The number of nitrogens with one attached hydrogen (secondary N) is 1. The number of fused-ring (bicyclic) bond motifs is 3. The van der Waals surface area contributed by atoms with Gasteiger partial charge in [0.15, 0.2) is 5.16 Å². The molecule has 0 saturated carbocycles. The second kappa shape index (κ2) is 11.2. The Labute approximate surface area is 226 Å². The molecule has 2 aromatic heterocycles. The number of aryl methyl sites for hydroxylation is 2. The van der Waals surface area contributed by atoms with Crippen LogP contribution in [0.5, 0.6) is 5.75 Å². The quantitative estimate of drug-likeness (QED) is 0.146. The number of carboxylic acid groups (broad SMARTS) is 1. The molecule has 0 atom stereocenters. The third kappa shape index (κ3) is 5.34. The third-order valence-corrected chi connectivity index (χ3v) is 8.31. The molecular formula is C27H24N4O5S2. The number of thioether (sulfide) groups is 1. The molecule has 9 nitrogen and oxygen atoms in total. The van der Waals surface area contributed by atoms with Crippen molar-refractivity contribution in [3.05, 3.63) is 80.5 Å². The fraction of sp³-hybridized carbons (Fsp3) is 0.222. The minimum absolute atomic E-state index is 0.00547. The van der Waals surface area contributed by atoms with E-state index in [-0.39, 0.29) is 22.8 Å². The van der Waals surface area contributed by atoms with Crippen LogP contribution in [0.1, 0.15) is 39.2 Å². The number of hydrogen-bond acceptors (Lipinski definition) is 8. The van der Waals surface area contributed by atoms with Gasteiger partial charge in [-0.15, -0.1) is 11.3 Å². The number of rotatable bonds is 8. The van der Waals surface area contributed by atoms with Crippen LogP contribution >= 0.6 is 23.1 Å². The largest absolute Gasteiger partial charge is 0.497 e. The molecule has 4 aromatic rings. The Bertz CT molecular complexity index is 1590. The van der Waals surface area contributed by atoms with Crippen molar-refractivity contribution in [2.45, 2.75) is 30.8 Å². The fourth-order valence-electron chi connectivity index (χ4n) is 4.30. The summed E-state index contributed by atoms with van der Waals surface area (Å²) >= 11 is 2.73. The fourth-order valence-corrected chi connectivity index (χ4v) is 6.40. The molecule has 5 rings (SSSR count). The van der Waals surface area contributed by atoms with Crippen molar-refractivity contribution in [1.29, 1.82) is 0 Å². The number of nitrogens with zero attached hydrogens (tertiary/aromatic N) is 3. The van der Waals surface area contributed by atoms with Gasteiger partial charge in [-0.3, -0.25) is 14.2 Å². The van der Waals surface area contributed by atoms with E-state index in [0.717, 1.165) is 43.0 Å². The van der Waals surface area contributed by atoms with Crippen LogP contribution in [0.3, 0.4) is 0 Å². The highest BCUT2D eigenvalue weighted by atomic mass is 32.2. The van der Waals surface area contributed by atoms with Gasteiger partial charge in [0.25, 0.3) is 11.5 Å². The Hall–Kier alpha value is -3.96. The first-order valence-electron chi connectivity index (χ1n) is 11.9. The van der Waals surface area contributed by atoms with Crippen molar-refractivity contribution in [2.75, 3.05) is 12.9 Å². The Balaban J connectivity index is 1.39. The van der Waals surface area contributed by atoms with Gasteiger partial charge in [0.2, 0.25) is 0 Å². The minimum atomic E-state index is -1.01. The van der Waals surface area contributed by atoms with Crippen molar-refractivity contribution in [3.8, 4) is 11.4 Å². The lowest BCUT2D eigenvalue weighted by Crippen LogP contribution is -2.24. The van der Waals surface area contributed by atoms with Crippen molar-refractivity contribution in [1.82, 2.24) is 15.0 Å². The molecule has 0 spiro atoms. The first kappa shape index (κ1) is 25.7. The molecule has 0 bridgehead atoms. The number of ether oxygens (including phenoxy) is 1. The predicted octanol–water partition coefficient (Wildman–Crippen LogP) is 4.28. The normalized spacial score (nSPS) is 13.0. The monoisotopic (exact) mass is 548 g/mol. The van der Waals surface area contributed by atoms with Crippen LogP contribution in [-0.2, 0) is 17.6 Å². The van der Waals surface area contributed by atoms with Gasteiger partial charge in [-0.1, -0.05) is 23.9 Å². The summed E-state index contributed by atoms with van der Waals surface area (Å²) in [5.41, 5.74) is 4.90. The van der Waals surface area contributed by atoms with Gasteiger partial charge in [-0.25, -0.2) is 15.2 Å². The van der Waals surface area contributed by atoms with E-state index >= 15 is 0 Å². The average molecular weight is 549 g/mol. The SMILES string of the molecule is COc1ccc(-n2c(SCC(=O)N/N=C/c3ccc(C(=O)O)cc3)nc3sc4c(c3c2=O)CCCC4)cc1. The van der Waals surface area contributed by atoms with Crippen LogP contribution in [0.25, 0.3) is 15.9 Å².